The van der Waals surface area contributed by atoms with Crippen molar-refractivity contribution in [2.45, 2.75) is 65.2 Å². The van der Waals surface area contributed by atoms with Gasteiger partial charge in [0.15, 0.2) is 0 Å². The van der Waals surface area contributed by atoms with Gasteiger partial charge in [0.25, 0.3) is 0 Å². The van der Waals surface area contributed by atoms with Crippen molar-refractivity contribution in [2.24, 2.45) is 0 Å². The molecule has 3 heteroatoms. The standard InChI is InChI=1S/C12H26O2S/c1-3-5-7-9-11-15(13,14)12-10-8-6-4-2/h3-12H2,1-2H3. The Kier molecular flexibility index (Phi) is 9.17. The number of hydrogen-bond donors (Lipinski definition) is 0. The molecule has 0 aliphatic carbocycles. The molecule has 0 heterocycles. The molecule has 0 radical (unpaired) electrons. The van der Waals surface area contributed by atoms with E-state index >= 15 is 0 Å². The highest BCUT2D eigenvalue weighted by molar-refractivity contribution is 7.91. The molecule has 0 aliphatic rings. The summed E-state index contributed by atoms with van der Waals surface area (Å²) in [6.07, 6.45) is 8.47. The molecule has 0 aromatic carbocycles. The predicted octanol–water partition coefficient (Wildman–Crippen LogP) is 3.56. The van der Waals surface area contributed by atoms with Crippen molar-refractivity contribution >= 4 is 9.84 Å². The van der Waals surface area contributed by atoms with Gasteiger partial charge in [0.1, 0.15) is 9.84 Å². The van der Waals surface area contributed by atoms with E-state index in [0.29, 0.717) is 11.5 Å². The second-order valence-corrected chi connectivity index (χ2v) is 6.58. The summed E-state index contributed by atoms with van der Waals surface area (Å²) in [5.74, 6) is 0.804. The normalized spacial score (nSPS) is 11.9. The van der Waals surface area contributed by atoms with Crippen LogP contribution in [-0.4, -0.2) is 19.9 Å². The van der Waals surface area contributed by atoms with Gasteiger partial charge in [-0.25, -0.2) is 8.42 Å². The molecule has 0 aliphatic heterocycles. The fraction of sp³-hybridized carbons (Fsp3) is 1.00. The topological polar surface area (TPSA) is 34.1 Å². The van der Waals surface area contributed by atoms with Crippen LogP contribution in [0.4, 0.5) is 0 Å². The van der Waals surface area contributed by atoms with E-state index in [4.69, 9.17) is 0 Å². The Morgan fingerprint density at radius 3 is 1.40 bits per heavy atom. The minimum Gasteiger partial charge on any atom is -0.229 e. The number of hydrogen-bond acceptors (Lipinski definition) is 2. The minimum absolute atomic E-state index is 0.402. The molecule has 0 N–H and O–H groups in total. The molecule has 0 atom stereocenters. The lowest BCUT2D eigenvalue weighted by atomic mass is 10.2. The Labute approximate surface area is 95.4 Å². The molecule has 2 nitrogen and oxygen atoms in total. The minimum atomic E-state index is -2.74. The SMILES string of the molecule is CCCCCCS(=O)(=O)CCCCCC. The van der Waals surface area contributed by atoms with Crippen molar-refractivity contribution in [1.29, 1.82) is 0 Å². The first kappa shape index (κ1) is 14.9. The van der Waals surface area contributed by atoms with Gasteiger partial charge in [0.05, 0.1) is 11.5 Å². The third kappa shape index (κ3) is 10.2. The van der Waals surface area contributed by atoms with Crippen molar-refractivity contribution in [2.75, 3.05) is 11.5 Å². The Morgan fingerprint density at radius 1 is 0.667 bits per heavy atom. The van der Waals surface area contributed by atoms with E-state index in [9.17, 15) is 8.42 Å². The van der Waals surface area contributed by atoms with E-state index in [-0.39, 0.29) is 0 Å². The van der Waals surface area contributed by atoms with E-state index < -0.39 is 9.84 Å². The smallest absolute Gasteiger partial charge is 0.150 e. The molecule has 0 aromatic rings. The first-order chi connectivity index (χ1) is 7.12. The van der Waals surface area contributed by atoms with Gasteiger partial charge in [0.2, 0.25) is 0 Å². The van der Waals surface area contributed by atoms with Gasteiger partial charge in [-0.3, -0.25) is 0 Å². The number of rotatable bonds is 10. The second kappa shape index (κ2) is 9.20. The van der Waals surface area contributed by atoms with Gasteiger partial charge in [0, 0.05) is 0 Å². The summed E-state index contributed by atoms with van der Waals surface area (Å²) in [6.45, 7) is 4.28. The highest BCUT2D eigenvalue weighted by Crippen LogP contribution is 2.06. The van der Waals surface area contributed by atoms with Gasteiger partial charge in [-0.1, -0.05) is 52.4 Å². The molecule has 0 aromatic heterocycles. The number of sulfone groups is 1. The van der Waals surface area contributed by atoms with Gasteiger partial charge in [-0.05, 0) is 12.8 Å². The fourth-order valence-electron chi connectivity index (χ4n) is 1.60. The van der Waals surface area contributed by atoms with Crippen LogP contribution < -0.4 is 0 Å². The molecule has 0 rings (SSSR count). The van der Waals surface area contributed by atoms with Crippen LogP contribution >= 0.6 is 0 Å². The highest BCUT2D eigenvalue weighted by Gasteiger charge is 2.09. The van der Waals surface area contributed by atoms with Crippen LogP contribution in [0.3, 0.4) is 0 Å². The summed E-state index contributed by atoms with van der Waals surface area (Å²) in [4.78, 5) is 0. The molecule has 0 unspecified atom stereocenters. The van der Waals surface area contributed by atoms with Crippen molar-refractivity contribution in [3.63, 3.8) is 0 Å². The summed E-state index contributed by atoms with van der Waals surface area (Å²) in [7, 11) is -2.74. The zero-order valence-electron chi connectivity index (χ0n) is 10.3. The summed E-state index contributed by atoms with van der Waals surface area (Å²) in [6, 6.07) is 0. The lowest BCUT2D eigenvalue weighted by Crippen LogP contribution is -2.11. The fourth-order valence-corrected chi connectivity index (χ4v) is 3.09. The van der Waals surface area contributed by atoms with Crippen LogP contribution in [-0.2, 0) is 9.84 Å². The van der Waals surface area contributed by atoms with Crippen molar-refractivity contribution in [3.8, 4) is 0 Å². The van der Waals surface area contributed by atoms with Crippen molar-refractivity contribution < 1.29 is 8.42 Å². The molecular weight excluding hydrogens is 208 g/mol. The molecule has 0 bridgehead atoms. The van der Waals surface area contributed by atoms with Crippen LogP contribution in [0, 0.1) is 0 Å². The van der Waals surface area contributed by atoms with E-state index in [2.05, 4.69) is 13.8 Å². The maximum absolute atomic E-state index is 11.6. The van der Waals surface area contributed by atoms with E-state index in [1.165, 1.54) is 0 Å². The van der Waals surface area contributed by atoms with Crippen LogP contribution in [0.1, 0.15) is 65.2 Å². The van der Waals surface area contributed by atoms with Crippen molar-refractivity contribution in [3.05, 3.63) is 0 Å². The zero-order chi connectivity index (χ0) is 11.6. The third-order valence-corrected chi connectivity index (χ3v) is 4.44. The third-order valence-electron chi connectivity index (χ3n) is 2.62. The molecule has 0 saturated carbocycles. The first-order valence-electron chi connectivity index (χ1n) is 6.32. The van der Waals surface area contributed by atoms with E-state index in [0.717, 1.165) is 51.4 Å². The van der Waals surface area contributed by atoms with Crippen molar-refractivity contribution in [1.82, 2.24) is 0 Å². The van der Waals surface area contributed by atoms with Gasteiger partial charge >= 0.3 is 0 Å². The molecule has 92 valence electrons. The zero-order valence-corrected chi connectivity index (χ0v) is 11.1. The Bertz CT molecular complexity index is 202. The van der Waals surface area contributed by atoms with Gasteiger partial charge in [-0.2, -0.15) is 0 Å². The molecule has 15 heavy (non-hydrogen) atoms. The lowest BCUT2D eigenvalue weighted by Gasteiger charge is -2.03. The molecule has 0 saturated heterocycles. The van der Waals surface area contributed by atoms with E-state index in [1.807, 2.05) is 0 Å². The summed E-state index contributed by atoms with van der Waals surface area (Å²) in [5, 5.41) is 0. The van der Waals surface area contributed by atoms with Gasteiger partial charge in [-0.15, -0.1) is 0 Å². The lowest BCUT2D eigenvalue weighted by molar-refractivity contribution is 0.582. The molecular formula is C12H26O2S. The van der Waals surface area contributed by atoms with Gasteiger partial charge < -0.3 is 0 Å². The maximum atomic E-state index is 11.6. The number of unbranched alkanes of at least 4 members (excludes halogenated alkanes) is 6. The summed E-state index contributed by atoms with van der Waals surface area (Å²) >= 11 is 0. The van der Waals surface area contributed by atoms with Crippen LogP contribution in [0.5, 0.6) is 0 Å². The Hall–Kier alpha value is -0.0500. The second-order valence-electron chi connectivity index (χ2n) is 4.27. The predicted molar refractivity (Wildman–Crippen MR) is 66.9 cm³/mol. The average Bonchev–Trinajstić information content (AvgIpc) is 2.20. The first-order valence-corrected chi connectivity index (χ1v) is 8.15. The molecule has 0 amide bonds. The molecule has 0 fully saturated rings. The maximum Gasteiger partial charge on any atom is 0.150 e. The van der Waals surface area contributed by atoms with Crippen LogP contribution in [0.25, 0.3) is 0 Å². The summed E-state index contributed by atoms with van der Waals surface area (Å²) < 4.78 is 23.1. The van der Waals surface area contributed by atoms with E-state index in [1.54, 1.807) is 0 Å². The Balaban J connectivity index is 3.50. The van der Waals surface area contributed by atoms with Crippen LogP contribution in [0.2, 0.25) is 0 Å². The average molecular weight is 234 g/mol. The van der Waals surface area contributed by atoms with Crippen LogP contribution in [0.15, 0.2) is 0 Å². The largest absolute Gasteiger partial charge is 0.229 e. The highest BCUT2D eigenvalue weighted by atomic mass is 32.2. The molecule has 0 spiro atoms. The quantitative estimate of drug-likeness (QED) is 0.542. The summed E-state index contributed by atoms with van der Waals surface area (Å²) in [5.41, 5.74) is 0. The monoisotopic (exact) mass is 234 g/mol. The Morgan fingerprint density at radius 2 is 1.07 bits per heavy atom.